The van der Waals surface area contributed by atoms with E-state index in [0.717, 1.165) is 17.7 Å². The van der Waals surface area contributed by atoms with Gasteiger partial charge in [-0.3, -0.25) is 9.69 Å². The summed E-state index contributed by atoms with van der Waals surface area (Å²) in [5, 5.41) is 0.336. The molecule has 3 heterocycles. The predicted octanol–water partition coefficient (Wildman–Crippen LogP) is 4.39. The van der Waals surface area contributed by atoms with Gasteiger partial charge < -0.3 is 18.9 Å². The van der Waals surface area contributed by atoms with Crippen LogP contribution in [0.25, 0.3) is 11.1 Å². The highest BCUT2D eigenvalue weighted by Gasteiger charge is 2.36. The number of carbonyl (C=O) groups excluding carboxylic acids is 1. The number of morpholine rings is 1. The largest absolute Gasteiger partial charge is 0.495 e. The number of benzene rings is 2. The Labute approximate surface area is 203 Å². The van der Waals surface area contributed by atoms with E-state index in [1.807, 2.05) is 41.0 Å². The van der Waals surface area contributed by atoms with Crippen molar-refractivity contribution in [1.29, 1.82) is 0 Å². The van der Waals surface area contributed by atoms with E-state index in [0.29, 0.717) is 48.1 Å². The molecule has 1 unspecified atom stereocenters. The van der Waals surface area contributed by atoms with Gasteiger partial charge in [-0.25, -0.2) is 4.39 Å². The lowest BCUT2D eigenvalue weighted by Gasteiger charge is -2.46. The van der Waals surface area contributed by atoms with E-state index in [-0.39, 0.29) is 23.9 Å². The standard InChI is InChI=1S/C26H27ClFN3O3/c1-29-9-8-18(13-29)21-12-17(6-7-22(21)28)24-15-30-10-11-31(14-19(30)16-34-24)26(32)20-4-3-5-23(33-2)25(20)27/h3-9,12-13,19,24H,10-11,14-16H2,1-2H3/t19-,24?/m0/s1. The number of carbonyl (C=O) groups is 1. The number of piperazine rings is 1. The third kappa shape index (κ3) is 4.31. The molecule has 2 atom stereocenters. The minimum absolute atomic E-state index is 0.100. The SMILES string of the molecule is COc1cccc(C(=O)N2CCN3CC(c4ccc(F)c(-c5ccn(C)c5)c4)OC[C@@H]3C2)c1Cl. The number of aromatic nitrogens is 1. The van der Waals surface area contributed by atoms with Crippen molar-refractivity contribution < 1.29 is 18.7 Å². The first-order chi connectivity index (χ1) is 16.4. The summed E-state index contributed by atoms with van der Waals surface area (Å²) in [6, 6.07) is 12.5. The van der Waals surface area contributed by atoms with Crippen molar-refractivity contribution in [2.45, 2.75) is 12.1 Å². The second kappa shape index (κ2) is 9.41. The number of aryl methyl sites for hydroxylation is 1. The fourth-order valence-electron chi connectivity index (χ4n) is 4.80. The number of hydrogen-bond donors (Lipinski definition) is 0. The minimum atomic E-state index is -0.244. The monoisotopic (exact) mass is 483 g/mol. The Morgan fingerprint density at radius 3 is 2.79 bits per heavy atom. The van der Waals surface area contributed by atoms with E-state index < -0.39 is 0 Å². The first-order valence-electron chi connectivity index (χ1n) is 11.3. The predicted molar refractivity (Wildman–Crippen MR) is 129 cm³/mol. The number of ether oxygens (including phenoxy) is 2. The molecule has 6 nitrogen and oxygen atoms in total. The van der Waals surface area contributed by atoms with Crippen LogP contribution in [0.4, 0.5) is 4.39 Å². The second-order valence-electron chi connectivity index (χ2n) is 8.85. The third-order valence-electron chi connectivity index (χ3n) is 6.70. The van der Waals surface area contributed by atoms with Gasteiger partial charge in [-0.05, 0) is 35.9 Å². The first kappa shape index (κ1) is 22.9. The number of halogens is 2. The lowest BCUT2D eigenvalue weighted by atomic mass is 9.99. The first-order valence-corrected chi connectivity index (χ1v) is 11.7. The molecule has 3 aromatic rings. The van der Waals surface area contributed by atoms with Crippen LogP contribution >= 0.6 is 11.6 Å². The summed E-state index contributed by atoms with van der Waals surface area (Å²) in [6.45, 7) is 3.11. The zero-order chi connectivity index (χ0) is 23.8. The van der Waals surface area contributed by atoms with Gasteiger partial charge in [-0.1, -0.05) is 23.7 Å². The number of fused-ring (bicyclic) bond motifs is 1. The Morgan fingerprint density at radius 2 is 2.03 bits per heavy atom. The Balaban J connectivity index is 1.28. The van der Waals surface area contributed by atoms with Gasteiger partial charge >= 0.3 is 0 Å². The molecule has 178 valence electrons. The van der Waals surface area contributed by atoms with Gasteiger partial charge in [0.2, 0.25) is 0 Å². The van der Waals surface area contributed by atoms with Crippen molar-refractivity contribution >= 4 is 17.5 Å². The van der Waals surface area contributed by atoms with E-state index in [1.54, 1.807) is 24.3 Å². The van der Waals surface area contributed by atoms with E-state index >= 15 is 0 Å². The molecule has 0 N–H and O–H groups in total. The van der Waals surface area contributed by atoms with Crippen LogP contribution in [0.2, 0.25) is 5.02 Å². The van der Waals surface area contributed by atoms with Crippen LogP contribution in [0.3, 0.4) is 0 Å². The van der Waals surface area contributed by atoms with Crippen molar-refractivity contribution in [3.8, 4) is 16.9 Å². The van der Waals surface area contributed by atoms with E-state index in [4.69, 9.17) is 21.1 Å². The number of nitrogens with zero attached hydrogens (tertiary/aromatic N) is 3. The van der Waals surface area contributed by atoms with Gasteiger partial charge in [0.25, 0.3) is 5.91 Å². The van der Waals surface area contributed by atoms with Gasteiger partial charge in [-0.15, -0.1) is 0 Å². The number of amides is 1. The molecular formula is C26H27ClFN3O3. The Morgan fingerprint density at radius 1 is 1.18 bits per heavy atom. The van der Waals surface area contributed by atoms with Crippen LogP contribution in [0, 0.1) is 5.82 Å². The smallest absolute Gasteiger partial charge is 0.255 e. The Hall–Kier alpha value is -2.87. The molecule has 2 aliphatic rings. The Kier molecular flexibility index (Phi) is 6.34. The van der Waals surface area contributed by atoms with Crippen LogP contribution in [0.1, 0.15) is 22.0 Å². The summed E-state index contributed by atoms with van der Waals surface area (Å²) in [4.78, 5) is 17.3. The summed E-state index contributed by atoms with van der Waals surface area (Å²) in [7, 11) is 3.45. The van der Waals surface area contributed by atoms with Crippen molar-refractivity contribution in [2.24, 2.45) is 7.05 Å². The summed E-state index contributed by atoms with van der Waals surface area (Å²) in [5.74, 6) is 0.146. The van der Waals surface area contributed by atoms with E-state index in [2.05, 4.69) is 4.90 Å². The molecule has 2 aliphatic heterocycles. The van der Waals surface area contributed by atoms with Crippen LogP contribution < -0.4 is 4.74 Å². The number of rotatable bonds is 4. The van der Waals surface area contributed by atoms with Crippen molar-refractivity contribution in [3.05, 3.63) is 76.8 Å². The lowest BCUT2D eigenvalue weighted by molar-refractivity contribution is -0.0858. The van der Waals surface area contributed by atoms with Crippen LogP contribution in [0.5, 0.6) is 5.75 Å². The zero-order valence-corrected chi connectivity index (χ0v) is 20.0. The van der Waals surface area contributed by atoms with E-state index in [1.165, 1.54) is 13.2 Å². The van der Waals surface area contributed by atoms with Gasteiger partial charge in [0.15, 0.2) is 0 Å². The molecule has 8 heteroatoms. The highest BCUT2D eigenvalue weighted by molar-refractivity contribution is 6.35. The fraction of sp³-hybridized carbons (Fsp3) is 0.346. The Bertz CT molecular complexity index is 1210. The van der Waals surface area contributed by atoms with Crippen LogP contribution in [-0.2, 0) is 11.8 Å². The molecular weight excluding hydrogens is 457 g/mol. The zero-order valence-electron chi connectivity index (χ0n) is 19.2. The molecule has 2 aromatic carbocycles. The lowest BCUT2D eigenvalue weighted by Crippen LogP contribution is -2.59. The molecule has 0 saturated carbocycles. The third-order valence-corrected chi connectivity index (χ3v) is 7.09. The molecule has 2 fully saturated rings. The van der Waals surface area contributed by atoms with Gasteiger partial charge in [-0.2, -0.15) is 0 Å². The molecule has 2 saturated heterocycles. The minimum Gasteiger partial charge on any atom is -0.495 e. The molecule has 1 aromatic heterocycles. The summed E-state index contributed by atoms with van der Waals surface area (Å²) < 4.78 is 27.9. The average molecular weight is 484 g/mol. The second-order valence-corrected chi connectivity index (χ2v) is 9.23. The normalized spacial score (nSPS) is 20.8. The molecule has 0 radical (unpaired) electrons. The number of hydrogen-bond acceptors (Lipinski definition) is 4. The van der Waals surface area contributed by atoms with Crippen LogP contribution in [0.15, 0.2) is 54.9 Å². The summed E-state index contributed by atoms with van der Waals surface area (Å²) in [5.41, 5.74) is 2.83. The summed E-state index contributed by atoms with van der Waals surface area (Å²) in [6.07, 6.45) is 3.67. The molecule has 1 amide bonds. The van der Waals surface area contributed by atoms with E-state index in [9.17, 15) is 9.18 Å². The molecule has 5 rings (SSSR count). The van der Waals surface area contributed by atoms with Crippen molar-refractivity contribution in [3.63, 3.8) is 0 Å². The van der Waals surface area contributed by atoms with Crippen molar-refractivity contribution in [2.75, 3.05) is 39.9 Å². The molecule has 0 bridgehead atoms. The van der Waals surface area contributed by atoms with Gasteiger partial charge in [0, 0.05) is 56.7 Å². The molecule has 34 heavy (non-hydrogen) atoms. The highest BCUT2D eigenvalue weighted by atomic mass is 35.5. The van der Waals surface area contributed by atoms with Gasteiger partial charge in [0.1, 0.15) is 11.6 Å². The maximum Gasteiger partial charge on any atom is 0.255 e. The number of methoxy groups -OCH3 is 1. The maximum atomic E-state index is 14.5. The fourth-order valence-corrected chi connectivity index (χ4v) is 5.09. The molecule has 0 aliphatic carbocycles. The topological polar surface area (TPSA) is 46.9 Å². The molecule has 0 spiro atoms. The van der Waals surface area contributed by atoms with Crippen molar-refractivity contribution in [1.82, 2.24) is 14.4 Å². The maximum absolute atomic E-state index is 14.5. The van der Waals surface area contributed by atoms with Crippen LogP contribution in [-0.4, -0.2) is 66.2 Å². The quantitative estimate of drug-likeness (QED) is 0.552. The average Bonchev–Trinajstić information content (AvgIpc) is 3.29. The summed E-state index contributed by atoms with van der Waals surface area (Å²) >= 11 is 6.38. The highest BCUT2D eigenvalue weighted by Crippen LogP contribution is 2.33. The van der Waals surface area contributed by atoms with Gasteiger partial charge in [0.05, 0.1) is 36.4 Å².